The molecule has 9 nitrogen and oxygen atoms in total. The number of ether oxygens (including phenoxy) is 2. The molecule has 4 rings (SSSR count). The lowest BCUT2D eigenvalue weighted by Gasteiger charge is -2.32. The monoisotopic (exact) mass is 441 g/mol. The fourth-order valence-corrected chi connectivity index (χ4v) is 4.03. The van der Waals surface area contributed by atoms with Gasteiger partial charge in [0, 0.05) is 31.3 Å². The predicted molar refractivity (Wildman–Crippen MR) is 117 cm³/mol. The first-order chi connectivity index (χ1) is 14.9. The van der Waals surface area contributed by atoms with Gasteiger partial charge in [0.25, 0.3) is 5.69 Å². The Morgan fingerprint density at radius 2 is 2.00 bits per heavy atom. The van der Waals surface area contributed by atoms with Crippen LogP contribution in [0, 0.1) is 10.1 Å². The zero-order valence-electron chi connectivity index (χ0n) is 17.1. The molecule has 0 saturated heterocycles. The van der Waals surface area contributed by atoms with Crippen LogP contribution in [0.1, 0.15) is 22.7 Å². The molecule has 160 valence electrons. The zero-order chi connectivity index (χ0) is 22.1. The van der Waals surface area contributed by atoms with Crippen LogP contribution in [0.4, 0.5) is 17.2 Å². The van der Waals surface area contributed by atoms with E-state index in [4.69, 9.17) is 21.1 Å². The minimum Gasteiger partial charge on any atom is -0.497 e. The number of methoxy groups -OCH3 is 2. The highest BCUT2D eigenvalue weighted by Gasteiger charge is 2.32. The van der Waals surface area contributed by atoms with Crippen molar-refractivity contribution < 1.29 is 14.4 Å². The molecule has 10 heteroatoms. The van der Waals surface area contributed by atoms with Gasteiger partial charge in [0.1, 0.15) is 23.5 Å². The number of benzene rings is 2. The molecule has 2 aromatic carbocycles. The van der Waals surface area contributed by atoms with E-state index >= 15 is 0 Å². The third-order valence-electron chi connectivity index (χ3n) is 5.23. The van der Waals surface area contributed by atoms with Crippen molar-refractivity contribution in [2.24, 2.45) is 0 Å². The van der Waals surface area contributed by atoms with Crippen LogP contribution >= 0.6 is 11.6 Å². The third-order valence-corrected chi connectivity index (χ3v) is 5.52. The number of rotatable bonds is 4. The number of nitro groups is 1. The Bertz CT molecular complexity index is 1160. The molecule has 0 radical (unpaired) electrons. The average molecular weight is 442 g/mol. The van der Waals surface area contributed by atoms with Crippen LogP contribution in [0.5, 0.6) is 11.5 Å². The van der Waals surface area contributed by atoms with Gasteiger partial charge in [-0.1, -0.05) is 23.7 Å². The van der Waals surface area contributed by atoms with Crippen LogP contribution in [-0.2, 0) is 6.54 Å². The van der Waals surface area contributed by atoms with Gasteiger partial charge >= 0.3 is 0 Å². The second-order valence-corrected chi connectivity index (χ2v) is 7.37. The lowest BCUT2D eigenvalue weighted by atomic mass is 9.90. The standard InChI is InChI=1S/C21H20ClN5O4/c1-26-10-12-8-13(30-2)9-16(31-3)17(12)18(14-6-4-5-7-15(14)27(28)29)25-19-20(22)23-11-24-21(19)26/h4-9,11,18,25H,10H2,1-3H3. The smallest absolute Gasteiger partial charge is 0.275 e. The van der Waals surface area contributed by atoms with E-state index in [0.29, 0.717) is 35.1 Å². The summed E-state index contributed by atoms with van der Waals surface area (Å²) in [5.74, 6) is 1.73. The van der Waals surface area contributed by atoms with E-state index in [9.17, 15) is 10.1 Å². The molecule has 0 amide bonds. The predicted octanol–water partition coefficient (Wildman–Crippen LogP) is 4.21. The molecule has 0 fully saturated rings. The van der Waals surface area contributed by atoms with Crippen molar-refractivity contribution in [3.8, 4) is 11.5 Å². The summed E-state index contributed by atoms with van der Waals surface area (Å²) < 4.78 is 11.1. The molecule has 1 aliphatic rings. The molecule has 1 aliphatic heterocycles. The van der Waals surface area contributed by atoms with Crippen LogP contribution in [0.3, 0.4) is 0 Å². The van der Waals surface area contributed by atoms with E-state index in [1.165, 1.54) is 12.4 Å². The highest BCUT2D eigenvalue weighted by Crippen LogP contribution is 2.45. The van der Waals surface area contributed by atoms with Crippen LogP contribution < -0.4 is 19.7 Å². The molecule has 0 saturated carbocycles. The van der Waals surface area contributed by atoms with Crippen molar-refractivity contribution in [1.82, 2.24) is 9.97 Å². The topological polar surface area (TPSA) is 103 Å². The van der Waals surface area contributed by atoms with E-state index in [1.807, 2.05) is 18.0 Å². The van der Waals surface area contributed by atoms with Crippen molar-refractivity contribution in [1.29, 1.82) is 0 Å². The molecule has 3 aromatic rings. The first kappa shape index (κ1) is 20.7. The number of hydrogen-bond acceptors (Lipinski definition) is 8. The Morgan fingerprint density at radius 3 is 2.71 bits per heavy atom. The van der Waals surface area contributed by atoms with Gasteiger partial charge < -0.3 is 19.7 Å². The number of anilines is 2. The molecular formula is C21H20ClN5O4. The minimum atomic E-state index is -0.645. The maximum Gasteiger partial charge on any atom is 0.275 e. The van der Waals surface area contributed by atoms with Crippen molar-refractivity contribution in [2.45, 2.75) is 12.6 Å². The lowest BCUT2D eigenvalue weighted by Crippen LogP contribution is -2.27. The van der Waals surface area contributed by atoms with Gasteiger partial charge in [-0.3, -0.25) is 10.1 Å². The van der Waals surface area contributed by atoms with Crippen molar-refractivity contribution in [2.75, 3.05) is 31.5 Å². The van der Waals surface area contributed by atoms with Gasteiger partial charge in [-0.05, 0) is 17.7 Å². The quantitative estimate of drug-likeness (QED) is 0.365. The van der Waals surface area contributed by atoms with Gasteiger partial charge in [-0.2, -0.15) is 0 Å². The molecule has 1 atom stereocenters. The minimum absolute atomic E-state index is 0.0210. The second-order valence-electron chi connectivity index (χ2n) is 7.01. The van der Waals surface area contributed by atoms with Crippen LogP contribution in [0.2, 0.25) is 5.15 Å². The van der Waals surface area contributed by atoms with Crippen molar-refractivity contribution in [3.05, 3.63) is 74.7 Å². The van der Waals surface area contributed by atoms with Gasteiger partial charge in [0.15, 0.2) is 11.0 Å². The Morgan fingerprint density at radius 1 is 1.23 bits per heavy atom. The lowest BCUT2D eigenvalue weighted by molar-refractivity contribution is -0.385. The number of hydrogen-bond donors (Lipinski definition) is 1. The SMILES string of the molecule is COc1cc2c(c(OC)c1)C(c1ccccc1[N+](=O)[O-])Nc1c(Cl)ncnc1N(C)C2. The molecule has 31 heavy (non-hydrogen) atoms. The highest BCUT2D eigenvalue weighted by atomic mass is 35.5. The molecule has 2 heterocycles. The fraction of sp³-hybridized carbons (Fsp3) is 0.238. The Kier molecular flexibility index (Phi) is 5.51. The summed E-state index contributed by atoms with van der Waals surface area (Å²) in [6, 6.07) is 9.59. The number of fused-ring (bicyclic) bond motifs is 2. The van der Waals surface area contributed by atoms with Gasteiger partial charge in [-0.25, -0.2) is 9.97 Å². The maximum atomic E-state index is 11.8. The van der Waals surface area contributed by atoms with Gasteiger partial charge in [0.2, 0.25) is 0 Å². The normalized spacial score (nSPS) is 15.1. The molecule has 1 N–H and O–H groups in total. The summed E-state index contributed by atoms with van der Waals surface area (Å²) in [4.78, 5) is 21.8. The van der Waals surface area contributed by atoms with Gasteiger partial charge in [-0.15, -0.1) is 0 Å². The average Bonchev–Trinajstić information content (AvgIpc) is 2.76. The summed E-state index contributed by atoms with van der Waals surface area (Å²) in [7, 11) is 5.01. The number of halogens is 1. The number of aromatic nitrogens is 2. The van der Waals surface area contributed by atoms with Crippen LogP contribution in [0.15, 0.2) is 42.7 Å². The third kappa shape index (κ3) is 3.68. The zero-order valence-corrected chi connectivity index (χ0v) is 17.9. The first-order valence-corrected chi connectivity index (χ1v) is 9.78. The van der Waals surface area contributed by atoms with Gasteiger partial charge in [0.05, 0.1) is 30.7 Å². The molecular weight excluding hydrogens is 422 g/mol. The molecule has 1 aromatic heterocycles. The van der Waals surface area contributed by atoms with Crippen LogP contribution in [0.25, 0.3) is 0 Å². The Balaban J connectivity index is 2.04. The highest BCUT2D eigenvalue weighted by molar-refractivity contribution is 6.32. The molecule has 0 aliphatic carbocycles. The summed E-state index contributed by atoms with van der Waals surface area (Å²) in [5.41, 5.74) is 2.54. The van der Waals surface area contributed by atoms with E-state index in [1.54, 1.807) is 38.5 Å². The second kappa shape index (κ2) is 8.27. The molecule has 0 bridgehead atoms. The molecule has 0 spiro atoms. The Hall–Kier alpha value is -3.59. The maximum absolute atomic E-state index is 11.8. The molecule has 1 unspecified atom stereocenters. The Labute approximate surface area is 183 Å². The summed E-state index contributed by atoms with van der Waals surface area (Å²) in [6.07, 6.45) is 1.38. The number of para-hydroxylation sites is 1. The van der Waals surface area contributed by atoms with E-state index in [0.717, 1.165) is 11.1 Å². The fourth-order valence-electron chi connectivity index (χ4n) is 3.85. The van der Waals surface area contributed by atoms with E-state index < -0.39 is 11.0 Å². The van der Waals surface area contributed by atoms with Crippen molar-refractivity contribution >= 4 is 28.8 Å². The van der Waals surface area contributed by atoms with E-state index in [-0.39, 0.29) is 10.8 Å². The van der Waals surface area contributed by atoms with E-state index in [2.05, 4.69) is 15.3 Å². The summed E-state index contributed by atoms with van der Waals surface area (Å²) >= 11 is 6.41. The summed E-state index contributed by atoms with van der Waals surface area (Å²) in [6.45, 7) is 0.446. The first-order valence-electron chi connectivity index (χ1n) is 9.40. The number of nitrogens with one attached hydrogen (secondary N) is 1. The summed E-state index contributed by atoms with van der Waals surface area (Å²) in [5, 5.41) is 15.4. The van der Waals surface area contributed by atoms with Crippen molar-refractivity contribution in [3.63, 3.8) is 0 Å². The largest absolute Gasteiger partial charge is 0.497 e. The van der Waals surface area contributed by atoms with Crippen LogP contribution in [-0.4, -0.2) is 36.2 Å². The number of nitrogens with zero attached hydrogens (tertiary/aromatic N) is 4. The number of nitro benzene ring substituents is 1.